The number of amides is 1. The van der Waals surface area contributed by atoms with Crippen LogP contribution in [0.4, 0.5) is 0 Å². The summed E-state index contributed by atoms with van der Waals surface area (Å²) in [5, 5.41) is 3.35. The number of primary amides is 1. The third-order valence-corrected chi connectivity index (χ3v) is 3.33. The highest BCUT2D eigenvalue weighted by atomic mass is 16.7. The van der Waals surface area contributed by atoms with Crippen molar-refractivity contribution in [2.45, 2.75) is 13.1 Å². The summed E-state index contributed by atoms with van der Waals surface area (Å²) in [6, 6.07) is 13.2. The van der Waals surface area contributed by atoms with E-state index in [0.29, 0.717) is 18.9 Å². The summed E-state index contributed by atoms with van der Waals surface area (Å²) >= 11 is 0. The molecule has 21 heavy (non-hydrogen) atoms. The Hall–Kier alpha value is -2.53. The van der Waals surface area contributed by atoms with E-state index in [9.17, 15) is 4.79 Å². The first-order valence-corrected chi connectivity index (χ1v) is 6.70. The highest BCUT2D eigenvalue weighted by Gasteiger charge is 2.12. The van der Waals surface area contributed by atoms with Crippen molar-refractivity contribution in [2.24, 2.45) is 5.73 Å². The van der Waals surface area contributed by atoms with Gasteiger partial charge in [-0.3, -0.25) is 4.79 Å². The average Bonchev–Trinajstić information content (AvgIpc) is 2.95. The summed E-state index contributed by atoms with van der Waals surface area (Å²) in [5.41, 5.74) is 7.96. The Kier molecular flexibility index (Phi) is 3.75. The number of ether oxygens (including phenoxy) is 2. The first-order chi connectivity index (χ1) is 10.2. The molecular weight excluding hydrogens is 268 g/mol. The van der Waals surface area contributed by atoms with Crippen LogP contribution >= 0.6 is 0 Å². The molecule has 1 amide bonds. The SMILES string of the molecule is NC(=O)c1ccc(CNCc2ccc3c(c2)OCO3)cc1. The molecular formula is C16H16N2O3. The van der Waals surface area contributed by atoms with Gasteiger partial charge in [-0.1, -0.05) is 18.2 Å². The monoisotopic (exact) mass is 284 g/mol. The van der Waals surface area contributed by atoms with Crippen molar-refractivity contribution < 1.29 is 14.3 Å². The van der Waals surface area contributed by atoms with E-state index in [-0.39, 0.29) is 0 Å². The lowest BCUT2D eigenvalue weighted by Gasteiger charge is -2.06. The molecule has 3 N–H and O–H groups in total. The molecule has 0 aromatic heterocycles. The molecule has 0 fully saturated rings. The van der Waals surface area contributed by atoms with Gasteiger partial charge < -0.3 is 20.5 Å². The lowest BCUT2D eigenvalue weighted by atomic mass is 10.1. The van der Waals surface area contributed by atoms with Gasteiger partial charge in [0, 0.05) is 18.7 Å². The second-order valence-electron chi connectivity index (χ2n) is 4.85. The summed E-state index contributed by atoms with van der Waals surface area (Å²) in [7, 11) is 0. The molecule has 0 unspecified atom stereocenters. The van der Waals surface area contributed by atoms with Crippen LogP contribution in [0, 0.1) is 0 Å². The minimum Gasteiger partial charge on any atom is -0.454 e. The number of carbonyl (C=O) groups excluding carboxylic acids is 1. The number of hydrogen-bond donors (Lipinski definition) is 2. The zero-order valence-corrected chi connectivity index (χ0v) is 11.5. The van der Waals surface area contributed by atoms with Crippen LogP contribution in [0.1, 0.15) is 21.5 Å². The summed E-state index contributed by atoms with van der Waals surface area (Å²) in [5.74, 6) is 1.18. The summed E-state index contributed by atoms with van der Waals surface area (Å²) < 4.78 is 10.6. The largest absolute Gasteiger partial charge is 0.454 e. The molecule has 3 rings (SSSR count). The van der Waals surface area contributed by atoms with Crippen LogP contribution in [0.5, 0.6) is 11.5 Å². The van der Waals surface area contributed by atoms with E-state index in [2.05, 4.69) is 5.32 Å². The summed E-state index contributed by atoms with van der Waals surface area (Å²) in [4.78, 5) is 11.0. The molecule has 2 aromatic carbocycles. The van der Waals surface area contributed by atoms with Gasteiger partial charge in [-0.15, -0.1) is 0 Å². The van der Waals surface area contributed by atoms with Gasteiger partial charge in [-0.05, 0) is 35.4 Å². The van der Waals surface area contributed by atoms with Gasteiger partial charge >= 0.3 is 0 Å². The van der Waals surface area contributed by atoms with Gasteiger partial charge in [0.2, 0.25) is 12.7 Å². The molecule has 1 aliphatic rings. The van der Waals surface area contributed by atoms with Gasteiger partial charge in [-0.25, -0.2) is 0 Å². The zero-order chi connectivity index (χ0) is 14.7. The van der Waals surface area contributed by atoms with Crippen LogP contribution in [0.25, 0.3) is 0 Å². The van der Waals surface area contributed by atoms with E-state index in [1.54, 1.807) is 12.1 Å². The first kappa shape index (κ1) is 13.5. The van der Waals surface area contributed by atoms with Crippen LogP contribution < -0.4 is 20.5 Å². The smallest absolute Gasteiger partial charge is 0.248 e. The van der Waals surface area contributed by atoms with Gasteiger partial charge in [0.05, 0.1) is 0 Å². The Morgan fingerprint density at radius 1 is 1.00 bits per heavy atom. The second-order valence-corrected chi connectivity index (χ2v) is 4.85. The number of nitrogens with one attached hydrogen (secondary N) is 1. The predicted molar refractivity (Wildman–Crippen MR) is 78.1 cm³/mol. The van der Waals surface area contributed by atoms with E-state index in [4.69, 9.17) is 15.2 Å². The van der Waals surface area contributed by atoms with Crippen LogP contribution in [0.15, 0.2) is 42.5 Å². The molecule has 0 saturated carbocycles. The van der Waals surface area contributed by atoms with E-state index in [1.807, 2.05) is 30.3 Å². The predicted octanol–water partition coefficient (Wildman–Crippen LogP) is 1.80. The maximum absolute atomic E-state index is 11.0. The number of benzene rings is 2. The van der Waals surface area contributed by atoms with Gasteiger partial charge in [0.25, 0.3) is 0 Å². The number of fused-ring (bicyclic) bond motifs is 1. The topological polar surface area (TPSA) is 73.6 Å². The number of rotatable bonds is 5. The molecule has 0 atom stereocenters. The number of carbonyl (C=O) groups is 1. The minimum absolute atomic E-state index is 0.290. The van der Waals surface area contributed by atoms with Crippen molar-refractivity contribution in [2.75, 3.05) is 6.79 Å². The lowest BCUT2D eigenvalue weighted by molar-refractivity contribution is 0.100. The van der Waals surface area contributed by atoms with Crippen LogP contribution in [-0.2, 0) is 13.1 Å². The van der Waals surface area contributed by atoms with Gasteiger partial charge in [0.1, 0.15) is 0 Å². The number of nitrogens with two attached hydrogens (primary N) is 1. The molecule has 0 radical (unpaired) electrons. The molecule has 108 valence electrons. The highest BCUT2D eigenvalue weighted by molar-refractivity contribution is 5.92. The standard InChI is InChI=1S/C16H16N2O3/c17-16(19)13-4-1-11(2-5-13)8-18-9-12-3-6-14-15(7-12)21-10-20-14/h1-7,18H,8-10H2,(H2,17,19). The number of hydrogen-bond acceptors (Lipinski definition) is 4. The molecule has 0 bridgehead atoms. The minimum atomic E-state index is -0.408. The molecule has 0 aliphatic carbocycles. The third-order valence-electron chi connectivity index (χ3n) is 3.33. The Balaban J connectivity index is 1.55. The third kappa shape index (κ3) is 3.14. The molecule has 1 heterocycles. The van der Waals surface area contributed by atoms with Crippen molar-refractivity contribution in [3.8, 4) is 11.5 Å². The van der Waals surface area contributed by atoms with E-state index < -0.39 is 5.91 Å². The van der Waals surface area contributed by atoms with Crippen LogP contribution in [0.3, 0.4) is 0 Å². The molecule has 5 nitrogen and oxygen atoms in total. The Morgan fingerprint density at radius 2 is 1.67 bits per heavy atom. The fourth-order valence-corrected chi connectivity index (χ4v) is 2.19. The molecule has 2 aromatic rings. The quantitative estimate of drug-likeness (QED) is 0.878. The van der Waals surface area contributed by atoms with E-state index >= 15 is 0 Å². The summed E-state index contributed by atoms with van der Waals surface area (Å²) in [6.07, 6.45) is 0. The van der Waals surface area contributed by atoms with Crippen molar-refractivity contribution in [1.29, 1.82) is 0 Å². The Bertz CT molecular complexity index is 653. The fourth-order valence-electron chi connectivity index (χ4n) is 2.19. The van der Waals surface area contributed by atoms with Crippen molar-refractivity contribution >= 4 is 5.91 Å². The van der Waals surface area contributed by atoms with Gasteiger partial charge in [-0.2, -0.15) is 0 Å². The molecule has 0 saturated heterocycles. The normalized spacial score (nSPS) is 12.4. The van der Waals surface area contributed by atoms with Gasteiger partial charge in [0.15, 0.2) is 11.5 Å². The zero-order valence-electron chi connectivity index (χ0n) is 11.5. The van der Waals surface area contributed by atoms with E-state index in [1.165, 1.54) is 0 Å². The van der Waals surface area contributed by atoms with E-state index in [0.717, 1.165) is 29.2 Å². The average molecular weight is 284 g/mol. The van der Waals surface area contributed by atoms with Crippen LogP contribution in [0.2, 0.25) is 0 Å². The fraction of sp³-hybridized carbons (Fsp3) is 0.188. The Morgan fingerprint density at radius 3 is 2.43 bits per heavy atom. The van der Waals surface area contributed by atoms with Crippen molar-refractivity contribution in [3.63, 3.8) is 0 Å². The summed E-state index contributed by atoms with van der Waals surface area (Å²) in [6.45, 7) is 1.74. The Labute approximate surface area is 122 Å². The molecule has 1 aliphatic heterocycles. The van der Waals surface area contributed by atoms with Crippen molar-refractivity contribution in [3.05, 3.63) is 59.2 Å². The maximum Gasteiger partial charge on any atom is 0.248 e. The molecule has 5 heteroatoms. The second kappa shape index (κ2) is 5.85. The highest BCUT2D eigenvalue weighted by Crippen LogP contribution is 2.32. The lowest BCUT2D eigenvalue weighted by Crippen LogP contribution is -2.14. The first-order valence-electron chi connectivity index (χ1n) is 6.70. The molecule has 0 spiro atoms. The maximum atomic E-state index is 11.0. The van der Waals surface area contributed by atoms with Crippen LogP contribution in [-0.4, -0.2) is 12.7 Å². The van der Waals surface area contributed by atoms with Crippen molar-refractivity contribution in [1.82, 2.24) is 5.32 Å².